The molecular formula is C24H16O6. The van der Waals surface area contributed by atoms with Gasteiger partial charge in [-0.25, -0.2) is 9.59 Å². The predicted octanol–water partition coefficient (Wildman–Crippen LogP) is 4.70. The molecule has 0 atom stereocenters. The van der Waals surface area contributed by atoms with Crippen LogP contribution in [-0.4, -0.2) is 34.7 Å². The second-order valence-electron chi connectivity index (χ2n) is 6.49. The predicted molar refractivity (Wildman–Crippen MR) is 113 cm³/mol. The van der Waals surface area contributed by atoms with Gasteiger partial charge in [-0.05, 0) is 57.9 Å². The van der Waals surface area contributed by atoms with Crippen molar-refractivity contribution in [3.63, 3.8) is 0 Å². The lowest BCUT2D eigenvalue weighted by molar-refractivity contribution is 0.0686. The number of carboxylic acids is 2. The van der Waals surface area contributed by atoms with Crippen molar-refractivity contribution in [2.75, 3.05) is 0 Å². The Hall–Kier alpha value is -4.32. The van der Waals surface area contributed by atoms with Gasteiger partial charge in [0.2, 0.25) is 0 Å². The van der Waals surface area contributed by atoms with Crippen molar-refractivity contribution in [2.45, 2.75) is 0 Å². The van der Waals surface area contributed by atoms with Crippen molar-refractivity contribution in [3.8, 4) is 0 Å². The lowest BCUT2D eigenvalue weighted by Gasteiger charge is -2.00. The third-order valence-electron chi connectivity index (χ3n) is 4.49. The second-order valence-corrected chi connectivity index (χ2v) is 6.49. The van der Waals surface area contributed by atoms with Crippen LogP contribution in [0.3, 0.4) is 0 Å². The number of carbonyl (C=O) groups is 4. The highest BCUT2D eigenvalue weighted by Crippen LogP contribution is 2.18. The van der Waals surface area contributed by atoms with Crippen LogP contribution in [0.1, 0.15) is 41.4 Å². The Labute approximate surface area is 171 Å². The van der Waals surface area contributed by atoms with E-state index in [1.54, 1.807) is 60.7 Å². The van der Waals surface area contributed by atoms with Crippen LogP contribution in [-0.2, 0) is 0 Å². The first-order valence-corrected chi connectivity index (χ1v) is 8.86. The molecule has 0 aliphatic carbocycles. The molecule has 148 valence electrons. The zero-order valence-electron chi connectivity index (χ0n) is 15.6. The number of hydrogen-bond acceptors (Lipinski definition) is 4. The number of hydrogen-bond donors (Lipinski definition) is 2. The van der Waals surface area contributed by atoms with Crippen molar-refractivity contribution in [1.82, 2.24) is 0 Å². The van der Waals surface area contributed by atoms with Gasteiger partial charge in [-0.3, -0.25) is 9.59 Å². The van der Waals surface area contributed by atoms with E-state index in [1.807, 2.05) is 0 Å². The fourth-order valence-corrected chi connectivity index (χ4v) is 2.94. The van der Waals surface area contributed by atoms with E-state index in [0.717, 1.165) is 34.1 Å². The number of fused-ring (bicyclic) bond motifs is 2. The summed E-state index contributed by atoms with van der Waals surface area (Å²) in [5, 5.41) is 20.9. The van der Waals surface area contributed by atoms with Crippen LogP contribution in [0.25, 0.3) is 21.5 Å². The van der Waals surface area contributed by atoms with Gasteiger partial charge in [-0.2, -0.15) is 0 Å². The Balaban J connectivity index is 0.000000171. The molecule has 0 bridgehead atoms. The van der Waals surface area contributed by atoms with Gasteiger partial charge < -0.3 is 10.2 Å². The van der Waals surface area contributed by atoms with Crippen molar-refractivity contribution < 1.29 is 29.4 Å². The summed E-state index contributed by atoms with van der Waals surface area (Å²) in [6.45, 7) is 0. The largest absolute Gasteiger partial charge is 0.478 e. The standard InChI is InChI=1S/2C12H8O3/c2*13-7-8-1-2-10-6-11(12(14)15)4-3-9(10)5-8/h2*1-7H,(H,14,15). The van der Waals surface area contributed by atoms with E-state index in [2.05, 4.69) is 0 Å². The highest BCUT2D eigenvalue weighted by Gasteiger charge is 2.04. The molecular weight excluding hydrogens is 384 g/mol. The van der Waals surface area contributed by atoms with Gasteiger partial charge in [-0.15, -0.1) is 0 Å². The highest BCUT2D eigenvalue weighted by molar-refractivity contribution is 5.97. The Morgan fingerprint density at radius 1 is 0.533 bits per heavy atom. The topological polar surface area (TPSA) is 109 Å². The molecule has 4 rings (SSSR count). The number of carboxylic acid groups (broad SMARTS) is 2. The van der Waals surface area contributed by atoms with Crippen LogP contribution in [0.2, 0.25) is 0 Å². The Bertz CT molecular complexity index is 1190. The maximum absolute atomic E-state index is 10.7. The summed E-state index contributed by atoms with van der Waals surface area (Å²) in [7, 11) is 0. The molecule has 0 aromatic heterocycles. The number of benzene rings is 4. The van der Waals surface area contributed by atoms with E-state index in [9.17, 15) is 19.2 Å². The average Bonchev–Trinajstić information content (AvgIpc) is 2.77. The molecule has 0 spiro atoms. The first-order chi connectivity index (χ1) is 14.4. The quantitative estimate of drug-likeness (QED) is 0.481. The fraction of sp³-hybridized carbons (Fsp3) is 0. The van der Waals surface area contributed by atoms with Crippen LogP contribution < -0.4 is 0 Å². The van der Waals surface area contributed by atoms with Gasteiger partial charge >= 0.3 is 11.9 Å². The van der Waals surface area contributed by atoms with Crippen LogP contribution >= 0.6 is 0 Å². The first kappa shape index (κ1) is 20.4. The van der Waals surface area contributed by atoms with E-state index in [4.69, 9.17) is 10.2 Å². The van der Waals surface area contributed by atoms with Crippen LogP contribution in [0.5, 0.6) is 0 Å². The molecule has 6 heteroatoms. The molecule has 0 unspecified atom stereocenters. The zero-order valence-corrected chi connectivity index (χ0v) is 15.6. The minimum Gasteiger partial charge on any atom is -0.478 e. The van der Waals surface area contributed by atoms with Gasteiger partial charge in [0.1, 0.15) is 12.6 Å². The molecule has 6 nitrogen and oxygen atoms in total. The van der Waals surface area contributed by atoms with E-state index < -0.39 is 11.9 Å². The molecule has 4 aromatic rings. The minimum atomic E-state index is -0.948. The van der Waals surface area contributed by atoms with E-state index in [0.29, 0.717) is 11.1 Å². The van der Waals surface area contributed by atoms with Crippen LogP contribution in [0.15, 0.2) is 72.8 Å². The molecule has 4 aromatic carbocycles. The molecule has 0 saturated heterocycles. The van der Waals surface area contributed by atoms with Crippen molar-refractivity contribution in [1.29, 1.82) is 0 Å². The van der Waals surface area contributed by atoms with Gasteiger partial charge in [0.25, 0.3) is 0 Å². The van der Waals surface area contributed by atoms with E-state index >= 15 is 0 Å². The van der Waals surface area contributed by atoms with E-state index in [1.165, 1.54) is 12.1 Å². The Morgan fingerprint density at radius 2 is 0.867 bits per heavy atom. The van der Waals surface area contributed by atoms with Gasteiger partial charge in [0.05, 0.1) is 11.1 Å². The summed E-state index contributed by atoms with van der Waals surface area (Å²) >= 11 is 0. The van der Waals surface area contributed by atoms with Gasteiger partial charge in [0, 0.05) is 11.1 Å². The maximum atomic E-state index is 10.7. The number of aromatic carboxylic acids is 2. The summed E-state index contributed by atoms with van der Waals surface area (Å²) < 4.78 is 0. The molecule has 0 fully saturated rings. The van der Waals surface area contributed by atoms with Crippen molar-refractivity contribution >= 4 is 46.1 Å². The molecule has 0 amide bonds. The van der Waals surface area contributed by atoms with Crippen LogP contribution in [0.4, 0.5) is 0 Å². The monoisotopic (exact) mass is 400 g/mol. The molecule has 0 aliphatic heterocycles. The van der Waals surface area contributed by atoms with Crippen molar-refractivity contribution in [3.05, 3.63) is 95.1 Å². The molecule has 2 N–H and O–H groups in total. The smallest absolute Gasteiger partial charge is 0.335 e. The maximum Gasteiger partial charge on any atom is 0.335 e. The normalized spacial score (nSPS) is 10.1. The summed E-state index contributed by atoms with van der Waals surface area (Å²) in [4.78, 5) is 42.5. The molecule has 0 aliphatic rings. The molecule has 0 radical (unpaired) electrons. The summed E-state index contributed by atoms with van der Waals surface area (Å²) in [6, 6.07) is 19.9. The van der Waals surface area contributed by atoms with Gasteiger partial charge in [0.15, 0.2) is 0 Å². The minimum absolute atomic E-state index is 0.251. The SMILES string of the molecule is O=Cc1ccc2cc(C(=O)O)ccc2c1.O=Cc1ccc2cc(C(=O)O)ccc2c1. The number of aldehydes is 2. The first-order valence-electron chi connectivity index (χ1n) is 8.86. The number of rotatable bonds is 4. The Kier molecular flexibility index (Phi) is 5.98. The molecule has 30 heavy (non-hydrogen) atoms. The number of carbonyl (C=O) groups excluding carboxylic acids is 2. The fourth-order valence-electron chi connectivity index (χ4n) is 2.94. The van der Waals surface area contributed by atoms with Gasteiger partial charge in [-0.1, -0.05) is 36.4 Å². The molecule has 0 heterocycles. The summed E-state index contributed by atoms with van der Waals surface area (Å²) in [6.07, 6.45) is 1.54. The third kappa shape index (κ3) is 4.56. The summed E-state index contributed by atoms with van der Waals surface area (Å²) in [5.74, 6) is -1.90. The molecule has 0 saturated carbocycles. The lowest BCUT2D eigenvalue weighted by Crippen LogP contribution is -1.95. The highest BCUT2D eigenvalue weighted by atomic mass is 16.4. The average molecular weight is 400 g/mol. The van der Waals surface area contributed by atoms with Crippen molar-refractivity contribution in [2.24, 2.45) is 0 Å². The lowest BCUT2D eigenvalue weighted by atomic mass is 10.0. The second kappa shape index (κ2) is 8.79. The van der Waals surface area contributed by atoms with Crippen LogP contribution in [0, 0.1) is 0 Å². The Morgan fingerprint density at radius 3 is 1.20 bits per heavy atom. The van der Waals surface area contributed by atoms with E-state index in [-0.39, 0.29) is 11.1 Å². The zero-order chi connectivity index (χ0) is 21.7. The summed E-state index contributed by atoms with van der Waals surface area (Å²) in [5.41, 5.74) is 1.68. The third-order valence-corrected chi connectivity index (χ3v) is 4.49.